The highest BCUT2D eigenvalue weighted by Crippen LogP contribution is 2.30. The Hall–Kier alpha value is -2.37. The van der Waals surface area contributed by atoms with E-state index in [9.17, 15) is 0 Å². The Kier molecular flexibility index (Phi) is 3.29. The molecular formula is C16H20N6. The van der Waals surface area contributed by atoms with Crippen LogP contribution in [0.1, 0.15) is 32.1 Å². The fourth-order valence-electron chi connectivity index (χ4n) is 3.23. The molecule has 0 radical (unpaired) electrons. The van der Waals surface area contributed by atoms with Gasteiger partial charge in [-0.2, -0.15) is 5.10 Å². The predicted molar refractivity (Wildman–Crippen MR) is 85.7 cm³/mol. The first-order valence-corrected chi connectivity index (χ1v) is 7.89. The molecule has 6 nitrogen and oxygen atoms in total. The van der Waals surface area contributed by atoms with Crippen LogP contribution in [0.15, 0.2) is 31.0 Å². The van der Waals surface area contributed by atoms with Gasteiger partial charge in [0, 0.05) is 37.2 Å². The van der Waals surface area contributed by atoms with Gasteiger partial charge < -0.3 is 5.32 Å². The van der Waals surface area contributed by atoms with Crippen LogP contribution in [0.5, 0.6) is 0 Å². The third kappa shape index (κ3) is 2.34. The van der Waals surface area contributed by atoms with Gasteiger partial charge in [-0.1, -0.05) is 19.3 Å². The van der Waals surface area contributed by atoms with E-state index in [1.807, 2.05) is 30.3 Å². The summed E-state index contributed by atoms with van der Waals surface area (Å²) in [4.78, 5) is 8.93. The smallest absolute Gasteiger partial charge is 0.157 e. The van der Waals surface area contributed by atoms with E-state index in [0.717, 1.165) is 22.7 Å². The van der Waals surface area contributed by atoms with Crippen molar-refractivity contribution in [2.24, 2.45) is 7.05 Å². The molecule has 3 aromatic rings. The maximum absolute atomic E-state index is 4.75. The van der Waals surface area contributed by atoms with Crippen LogP contribution in [-0.2, 0) is 7.05 Å². The van der Waals surface area contributed by atoms with Gasteiger partial charge in [-0.15, -0.1) is 0 Å². The Bertz CT molecular complexity index is 781. The standard InChI is InChI=1S/C16H20N6/c1-21-11-12(9-18-21)15-16(19-13-5-3-2-4-6-13)22-8-7-17-10-14(22)20-15/h7-11,13,19H,2-6H2,1H3. The van der Waals surface area contributed by atoms with Crippen molar-refractivity contribution >= 4 is 11.5 Å². The molecule has 0 unspecified atom stereocenters. The zero-order chi connectivity index (χ0) is 14.9. The number of hydrogen-bond acceptors (Lipinski definition) is 4. The number of hydrogen-bond donors (Lipinski definition) is 1. The van der Waals surface area contributed by atoms with Crippen molar-refractivity contribution < 1.29 is 0 Å². The quantitative estimate of drug-likeness (QED) is 0.807. The number of aryl methyl sites for hydroxylation is 1. The highest BCUT2D eigenvalue weighted by Gasteiger charge is 2.20. The lowest BCUT2D eigenvalue weighted by molar-refractivity contribution is 0.461. The number of nitrogens with one attached hydrogen (secondary N) is 1. The van der Waals surface area contributed by atoms with Crippen LogP contribution in [0.4, 0.5) is 5.82 Å². The molecule has 4 rings (SSSR count). The maximum Gasteiger partial charge on any atom is 0.157 e. The lowest BCUT2D eigenvalue weighted by Gasteiger charge is -2.24. The van der Waals surface area contributed by atoms with Crippen LogP contribution in [0.25, 0.3) is 16.9 Å². The van der Waals surface area contributed by atoms with Gasteiger partial charge in [-0.3, -0.25) is 14.1 Å². The average molecular weight is 296 g/mol. The molecule has 6 heteroatoms. The Balaban J connectivity index is 1.79. The predicted octanol–water partition coefficient (Wildman–Crippen LogP) is 2.87. The molecule has 1 aliphatic carbocycles. The second kappa shape index (κ2) is 5.44. The fraction of sp³-hybridized carbons (Fsp3) is 0.438. The summed E-state index contributed by atoms with van der Waals surface area (Å²) in [6, 6.07) is 0.525. The summed E-state index contributed by atoms with van der Waals surface area (Å²) < 4.78 is 3.89. The first-order valence-electron chi connectivity index (χ1n) is 7.89. The second-order valence-electron chi connectivity index (χ2n) is 6.00. The van der Waals surface area contributed by atoms with Crippen molar-refractivity contribution in [3.05, 3.63) is 31.0 Å². The van der Waals surface area contributed by atoms with Gasteiger partial charge in [0.05, 0.1) is 12.4 Å². The van der Waals surface area contributed by atoms with Crippen molar-refractivity contribution in [3.63, 3.8) is 0 Å². The largest absolute Gasteiger partial charge is 0.367 e. The molecule has 1 N–H and O–H groups in total. The monoisotopic (exact) mass is 296 g/mol. The van der Waals surface area contributed by atoms with Crippen molar-refractivity contribution in [3.8, 4) is 11.3 Å². The topological polar surface area (TPSA) is 60.0 Å². The highest BCUT2D eigenvalue weighted by molar-refractivity contribution is 5.75. The van der Waals surface area contributed by atoms with E-state index in [2.05, 4.69) is 19.8 Å². The summed E-state index contributed by atoms with van der Waals surface area (Å²) in [6.45, 7) is 0. The fourth-order valence-corrected chi connectivity index (χ4v) is 3.23. The van der Waals surface area contributed by atoms with E-state index in [-0.39, 0.29) is 0 Å². The van der Waals surface area contributed by atoms with Crippen molar-refractivity contribution in [2.45, 2.75) is 38.1 Å². The molecule has 0 atom stereocenters. The zero-order valence-electron chi connectivity index (χ0n) is 12.7. The Morgan fingerprint density at radius 1 is 1.18 bits per heavy atom. The molecule has 0 aliphatic heterocycles. The molecule has 3 heterocycles. The minimum atomic E-state index is 0.525. The Labute approximate surface area is 129 Å². The molecule has 0 amide bonds. The van der Waals surface area contributed by atoms with Crippen LogP contribution in [0.2, 0.25) is 0 Å². The van der Waals surface area contributed by atoms with Gasteiger partial charge in [0.2, 0.25) is 0 Å². The lowest BCUT2D eigenvalue weighted by Crippen LogP contribution is -2.23. The van der Waals surface area contributed by atoms with Crippen LogP contribution in [0.3, 0.4) is 0 Å². The number of fused-ring (bicyclic) bond motifs is 1. The Morgan fingerprint density at radius 2 is 2.05 bits per heavy atom. The van der Waals surface area contributed by atoms with Crippen molar-refractivity contribution in [1.29, 1.82) is 0 Å². The van der Waals surface area contributed by atoms with E-state index in [4.69, 9.17) is 4.98 Å². The molecular weight excluding hydrogens is 276 g/mol. The third-order valence-electron chi connectivity index (χ3n) is 4.35. The lowest BCUT2D eigenvalue weighted by atomic mass is 9.95. The molecule has 1 aliphatic rings. The van der Waals surface area contributed by atoms with E-state index >= 15 is 0 Å². The molecule has 1 saturated carbocycles. The second-order valence-corrected chi connectivity index (χ2v) is 6.00. The molecule has 3 aromatic heterocycles. The SMILES string of the molecule is Cn1cc(-c2nc3cnccn3c2NC2CCCCC2)cn1. The van der Waals surface area contributed by atoms with Gasteiger partial charge in [0.15, 0.2) is 5.65 Å². The minimum Gasteiger partial charge on any atom is -0.367 e. The molecule has 0 spiro atoms. The summed E-state index contributed by atoms with van der Waals surface area (Å²) in [5.41, 5.74) is 2.84. The molecule has 0 aromatic carbocycles. The molecule has 0 saturated heterocycles. The summed E-state index contributed by atoms with van der Waals surface area (Å²) in [5, 5.41) is 7.99. The van der Waals surface area contributed by atoms with Crippen molar-refractivity contribution in [2.75, 3.05) is 5.32 Å². The normalized spacial score (nSPS) is 16.2. The van der Waals surface area contributed by atoms with E-state index in [0.29, 0.717) is 6.04 Å². The molecule has 22 heavy (non-hydrogen) atoms. The minimum absolute atomic E-state index is 0.525. The zero-order valence-corrected chi connectivity index (χ0v) is 12.7. The third-order valence-corrected chi connectivity index (χ3v) is 4.35. The van der Waals surface area contributed by atoms with E-state index in [1.54, 1.807) is 12.4 Å². The summed E-state index contributed by atoms with van der Waals surface area (Å²) in [6.07, 6.45) is 15.8. The van der Waals surface area contributed by atoms with Gasteiger partial charge in [0.1, 0.15) is 11.5 Å². The number of aromatic nitrogens is 5. The van der Waals surface area contributed by atoms with Gasteiger partial charge in [-0.25, -0.2) is 4.98 Å². The number of anilines is 1. The van der Waals surface area contributed by atoms with E-state index < -0.39 is 0 Å². The van der Waals surface area contributed by atoms with Crippen LogP contribution < -0.4 is 5.32 Å². The number of nitrogens with zero attached hydrogens (tertiary/aromatic N) is 5. The van der Waals surface area contributed by atoms with Gasteiger partial charge in [0.25, 0.3) is 0 Å². The Morgan fingerprint density at radius 3 is 2.82 bits per heavy atom. The van der Waals surface area contributed by atoms with Gasteiger partial charge in [-0.05, 0) is 12.8 Å². The molecule has 0 bridgehead atoms. The van der Waals surface area contributed by atoms with E-state index in [1.165, 1.54) is 32.1 Å². The average Bonchev–Trinajstić information content (AvgIpc) is 3.13. The first kappa shape index (κ1) is 13.3. The number of imidazole rings is 1. The van der Waals surface area contributed by atoms with Crippen LogP contribution in [0, 0.1) is 0 Å². The molecule has 114 valence electrons. The summed E-state index contributed by atoms with van der Waals surface area (Å²) in [5.74, 6) is 1.05. The summed E-state index contributed by atoms with van der Waals surface area (Å²) >= 11 is 0. The summed E-state index contributed by atoms with van der Waals surface area (Å²) in [7, 11) is 1.93. The molecule has 1 fully saturated rings. The van der Waals surface area contributed by atoms with Crippen LogP contribution >= 0.6 is 0 Å². The highest BCUT2D eigenvalue weighted by atomic mass is 15.2. The van der Waals surface area contributed by atoms with Gasteiger partial charge >= 0.3 is 0 Å². The van der Waals surface area contributed by atoms with Crippen LogP contribution in [-0.4, -0.2) is 30.2 Å². The number of rotatable bonds is 3. The maximum atomic E-state index is 4.75. The van der Waals surface area contributed by atoms with Crippen molar-refractivity contribution in [1.82, 2.24) is 24.1 Å². The first-order chi connectivity index (χ1) is 10.8.